The first-order valence-electron chi connectivity index (χ1n) is 2.67. The van der Waals surface area contributed by atoms with E-state index in [4.69, 9.17) is 0 Å². The van der Waals surface area contributed by atoms with Gasteiger partial charge in [-0.3, -0.25) is 0 Å². The molecule has 0 aromatic heterocycles. The zero-order valence-electron chi connectivity index (χ0n) is 4.96. The van der Waals surface area contributed by atoms with Crippen LogP contribution in [-0.4, -0.2) is 0 Å². The summed E-state index contributed by atoms with van der Waals surface area (Å²) < 4.78 is 34.3. The van der Waals surface area contributed by atoms with Crippen LogP contribution in [0, 0.1) is 6.92 Å². The average molecular weight is 137 g/mol. The highest BCUT2D eigenvalue weighted by molar-refractivity contribution is 4.90. The van der Waals surface area contributed by atoms with Gasteiger partial charge in [0.15, 0.2) is 5.83 Å². The molecule has 0 aliphatic rings. The first-order chi connectivity index (χ1) is 4.18. The molecule has 0 saturated carbocycles. The molecule has 0 aliphatic heterocycles. The number of hydrogen-bond donors (Lipinski definition) is 0. The van der Waals surface area contributed by atoms with E-state index in [1.165, 1.54) is 0 Å². The topological polar surface area (TPSA) is 0 Å². The lowest BCUT2D eigenvalue weighted by atomic mass is 10.2. The first-order valence-corrected chi connectivity index (χ1v) is 2.67. The zero-order chi connectivity index (χ0) is 7.28. The van der Waals surface area contributed by atoms with Crippen molar-refractivity contribution in [2.45, 2.75) is 19.3 Å². The molecular formula is C6H8F3. The Balaban J connectivity index is 3.50. The third-order valence-corrected chi connectivity index (χ3v) is 0.851. The number of rotatable bonds is 3. The first kappa shape index (κ1) is 8.53. The van der Waals surface area contributed by atoms with Crippen molar-refractivity contribution < 1.29 is 13.2 Å². The van der Waals surface area contributed by atoms with E-state index in [0.717, 1.165) is 0 Å². The van der Waals surface area contributed by atoms with E-state index in [1.807, 2.05) is 0 Å². The van der Waals surface area contributed by atoms with E-state index in [0.29, 0.717) is 12.8 Å². The van der Waals surface area contributed by atoms with E-state index in [1.54, 1.807) is 0 Å². The van der Waals surface area contributed by atoms with Gasteiger partial charge in [-0.15, -0.1) is 0 Å². The molecule has 0 N–H and O–H groups in total. The Morgan fingerprint density at radius 1 is 1.22 bits per heavy atom. The van der Waals surface area contributed by atoms with Gasteiger partial charge in [0, 0.05) is 6.42 Å². The molecule has 0 atom stereocenters. The van der Waals surface area contributed by atoms with Crippen molar-refractivity contribution >= 4 is 0 Å². The Morgan fingerprint density at radius 2 is 1.78 bits per heavy atom. The molecule has 0 nitrogen and oxygen atoms in total. The summed E-state index contributed by atoms with van der Waals surface area (Å²) in [6, 6.07) is 0. The minimum Gasteiger partial charge on any atom is -0.206 e. The fourth-order valence-corrected chi connectivity index (χ4v) is 0.375. The second-order valence-corrected chi connectivity index (χ2v) is 1.62. The van der Waals surface area contributed by atoms with Crippen LogP contribution in [0.2, 0.25) is 0 Å². The van der Waals surface area contributed by atoms with Gasteiger partial charge in [-0.2, -0.15) is 8.78 Å². The monoisotopic (exact) mass is 137 g/mol. The third-order valence-electron chi connectivity index (χ3n) is 0.851. The molecule has 0 aromatic carbocycles. The minimum atomic E-state index is -2.21. The molecular weight excluding hydrogens is 129 g/mol. The molecule has 0 amide bonds. The number of hydrogen-bond acceptors (Lipinski definition) is 0. The predicted octanol–water partition coefficient (Wildman–Crippen LogP) is 3.07. The van der Waals surface area contributed by atoms with Gasteiger partial charge in [-0.25, -0.2) is 4.39 Å². The molecule has 0 aliphatic carbocycles. The third kappa shape index (κ3) is 4.06. The van der Waals surface area contributed by atoms with E-state index >= 15 is 0 Å². The van der Waals surface area contributed by atoms with Crippen LogP contribution < -0.4 is 0 Å². The molecule has 9 heavy (non-hydrogen) atoms. The molecule has 0 heterocycles. The fraction of sp³-hybridized carbons (Fsp3) is 0.500. The van der Waals surface area contributed by atoms with Crippen molar-refractivity contribution in [1.82, 2.24) is 0 Å². The summed E-state index contributed by atoms with van der Waals surface area (Å²) in [4.78, 5) is 0. The van der Waals surface area contributed by atoms with E-state index in [9.17, 15) is 13.2 Å². The maximum Gasteiger partial charge on any atom is 0.301 e. The lowest BCUT2D eigenvalue weighted by molar-refractivity contribution is 0.368. The predicted molar refractivity (Wildman–Crippen MR) is 29.6 cm³/mol. The summed E-state index contributed by atoms with van der Waals surface area (Å²) in [7, 11) is 0. The Labute approximate surface area is 52.4 Å². The standard InChI is InChI=1S/C6H8F3/c1-2-3-4-5(7)6(8)9/h1-4H2. The van der Waals surface area contributed by atoms with Gasteiger partial charge in [-0.05, 0) is 6.42 Å². The summed E-state index contributed by atoms with van der Waals surface area (Å²) in [6.07, 6.45) is -1.53. The normalized spacial score (nSPS) is 9.33. The molecule has 0 aromatic rings. The van der Waals surface area contributed by atoms with Gasteiger partial charge in [0.2, 0.25) is 0 Å². The van der Waals surface area contributed by atoms with Gasteiger partial charge >= 0.3 is 6.08 Å². The van der Waals surface area contributed by atoms with Gasteiger partial charge in [0.1, 0.15) is 0 Å². The SMILES string of the molecule is [CH2]CCCC(F)=C(F)F. The van der Waals surface area contributed by atoms with Crippen molar-refractivity contribution in [3.8, 4) is 0 Å². The van der Waals surface area contributed by atoms with Crippen LogP contribution in [-0.2, 0) is 0 Å². The van der Waals surface area contributed by atoms with Crippen molar-refractivity contribution in [3.63, 3.8) is 0 Å². The molecule has 0 unspecified atom stereocenters. The van der Waals surface area contributed by atoms with Crippen LogP contribution in [0.3, 0.4) is 0 Å². The summed E-state index contributed by atoms with van der Waals surface area (Å²) in [5.41, 5.74) is 0. The Morgan fingerprint density at radius 3 is 2.11 bits per heavy atom. The molecule has 0 saturated heterocycles. The van der Waals surface area contributed by atoms with E-state index in [2.05, 4.69) is 6.92 Å². The summed E-state index contributed by atoms with van der Waals surface area (Å²) >= 11 is 0. The van der Waals surface area contributed by atoms with Gasteiger partial charge in [0.05, 0.1) is 0 Å². The zero-order valence-corrected chi connectivity index (χ0v) is 4.96. The average Bonchev–Trinajstić information content (AvgIpc) is 1.82. The molecule has 0 bridgehead atoms. The van der Waals surface area contributed by atoms with Gasteiger partial charge < -0.3 is 0 Å². The number of allylic oxidation sites excluding steroid dienone is 1. The van der Waals surface area contributed by atoms with Crippen molar-refractivity contribution in [1.29, 1.82) is 0 Å². The number of halogens is 3. The second kappa shape index (κ2) is 4.41. The summed E-state index contributed by atoms with van der Waals surface area (Å²) in [6.45, 7) is 3.38. The lowest BCUT2D eigenvalue weighted by Gasteiger charge is -1.90. The largest absolute Gasteiger partial charge is 0.301 e. The highest BCUT2D eigenvalue weighted by atomic mass is 19.3. The Hall–Kier alpha value is -0.470. The van der Waals surface area contributed by atoms with Crippen molar-refractivity contribution in [2.24, 2.45) is 0 Å². The van der Waals surface area contributed by atoms with Crippen molar-refractivity contribution in [3.05, 3.63) is 18.8 Å². The van der Waals surface area contributed by atoms with Gasteiger partial charge in [0.25, 0.3) is 0 Å². The molecule has 0 spiro atoms. The fourth-order valence-electron chi connectivity index (χ4n) is 0.375. The maximum absolute atomic E-state index is 11.8. The smallest absolute Gasteiger partial charge is 0.206 e. The highest BCUT2D eigenvalue weighted by Gasteiger charge is 2.02. The van der Waals surface area contributed by atoms with Crippen molar-refractivity contribution in [2.75, 3.05) is 0 Å². The van der Waals surface area contributed by atoms with Gasteiger partial charge in [-0.1, -0.05) is 13.3 Å². The lowest BCUT2D eigenvalue weighted by Crippen LogP contribution is -1.76. The van der Waals surface area contributed by atoms with Crippen LogP contribution >= 0.6 is 0 Å². The highest BCUT2D eigenvalue weighted by Crippen LogP contribution is 2.15. The Bertz CT molecular complexity index is 103. The van der Waals surface area contributed by atoms with E-state index < -0.39 is 11.9 Å². The second-order valence-electron chi connectivity index (χ2n) is 1.62. The molecule has 0 fully saturated rings. The quantitative estimate of drug-likeness (QED) is 0.560. The summed E-state index contributed by atoms with van der Waals surface area (Å²) in [5, 5.41) is 0. The number of unbranched alkanes of at least 4 members (excludes halogenated alkanes) is 1. The minimum absolute atomic E-state index is 0.189. The maximum atomic E-state index is 11.8. The van der Waals surface area contributed by atoms with E-state index in [-0.39, 0.29) is 6.42 Å². The van der Waals surface area contributed by atoms with Crippen LogP contribution in [0.15, 0.2) is 11.9 Å². The molecule has 0 rings (SSSR count). The van der Waals surface area contributed by atoms with Crippen LogP contribution in [0.1, 0.15) is 19.3 Å². The Kier molecular flexibility index (Phi) is 4.18. The summed E-state index contributed by atoms with van der Waals surface area (Å²) in [5.74, 6) is -1.31. The van der Waals surface area contributed by atoms with Crippen LogP contribution in [0.4, 0.5) is 13.2 Å². The molecule has 1 radical (unpaired) electrons. The van der Waals surface area contributed by atoms with Crippen LogP contribution in [0.5, 0.6) is 0 Å². The molecule has 3 heteroatoms. The van der Waals surface area contributed by atoms with Crippen LogP contribution in [0.25, 0.3) is 0 Å². The molecule has 53 valence electrons.